The monoisotopic (exact) mass is 245 g/mol. The van der Waals surface area contributed by atoms with Crippen LogP contribution < -0.4 is 20.9 Å². The van der Waals surface area contributed by atoms with E-state index in [1.807, 2.05) is 0 Å². The number of hydrogen-bond donors (Lipinski definition) is 3. The SMILES string of the molecule is COc1cc(N)ccc1S(=O)(=O)NC(N)=O. The van der Waals surface area contributed by atoms with Crippen LogP contribution >= 0.6 is 0 Å². The van der Waals surface area contributed by atoms with Gasteiger partial charge in [0.25, 0.3) is 10.0 Å². The number of rotatable bonds is 3. The lowest BCUT2D eigenvalue weighted by Gasteiger charge is -2.09. The summed E-state index contributed by atoms with van der Waals surface area (Å²) in [6.07, 6.45) is 0. The van der Waals surface area contributed by atoms with Crippen LogP contribution in [-0.2, 0) is 10.0 Å². The van der Waals surface area contributed by atoms with Crippen molar-refractivity contribution in [3.63, 3.8) is 0 Å². The molecule has 88 valence electrons. The Labute approximate surface area is 92.4 Å². The number of benzene rings is 1. The van der Waals surface area contributed by atoms with Gasteiger partial charge in [0.15, 0.2) is 0 Å². The Kier molecular flexibility index (Phi) is 3.23. The molecular weight excluding hydrogens is 234 g/mol. The van der Waals surface area contributed by atoms with E-state index in [9.17, 15) is 13.2 Å². The number of carbonyl (C=O) groups excluding carboxylic acids is 1. The van der Waals surface area contributed by atoms with Crippen LogP contribution in [0.3, 0.4) is 0 Å². The molecule has 7 nitrogen and oxygen atoms in total. The minimum absolute atomic E-state index is 0.0359. The Morgan fingerprint density at radius 2 is 2.06 bits per heavy atom. The summed E-state index contributed by atoms with van der Waals surface area (Å²) < 4.78 is 29.7. The quantitative estimate of drug-likeness (QED) is 0.627. The number of carbonyl (C=O) groups is 1. The van der Waals surface area contributed by atoms with E-state index in [1.54, 1.807) is 4.72 Å². The third-order valence-corrected chi connectivity index (χ3v) is 3.10. The number of nitrogens with two attached hydrogens (primary N) is 2. The van der Waals surface area contributed by atoms with E-state index in [0.29, 0.717) is 5.69 Å². The fourth-order valence-electron chi connectivity index (χ4n) is 1.09. The summed E-state index contributed by atoms with van der Waals surface area (Å²) in [4.78, 5) is 10.3. The van der Waals surface area contributed by atoms with E-state index in [4.69, 9.17) is 16.2 Å². The second kappa shape index (κ2) is 4.27. The van der Waals surface area contributed by atoms with Gasteiger partial charge in [-0.2, -0.15) is 0 Å². The van der Waals surface area contributed by atoms with E-state index in [2.05, 4.69) is 0 Å². The van der Waals surface area contributed by atoms with Gasteiger partial charge in [0, 0.05) is 11.8 Å². The van der Waals surface area contributed by atoms with E-state index in [0.717, 1.165) is 0 Å². The van der Waals surface area contributed by atoms with Crippen LogP contribution in [0, 0.1) is 0 Å². The minimum atomic E-state index is -4.02. The summed E-state index contributed by atoms with van der Waals surface area (Å²) in [5.41, 5.74) is 10.5. The molecule has 0 aromatic heterocycles. The van der Waals surface area contributed by atoms with Gasteiger partial charge in [-0.05, 0) is 12.1 Å². The van der Waals surface area contributed by atoms with Crippen LogP contribution in [0.15, 0.2) is 23.1 Å². The maximum Gasteiger partial charge on any atom is 0.326 e. The Hall–Kier alpha value is -1.96. The maximum absolute atomic E-state index is 11.6. The van der Waals surface area contributed by atoms with Crippen molar-refractivity contribution in [1.29, 1.82) is 0 Å². The van der Waals surface area contributed by atoms with Crippen LogP contribution in [0.4, 0.5) is 10.5 Å². The van der Waals surface area contributed by atoms with Crippen LogP contribution in [0.2, 0.25) is 0 Å². The first kappa shape index (κ1) is 12.1. The molecular formula is C8H11N3O4S. The molecule has 0 bridgehead atoms. The molecule has 8 heteroatoms. The molecule has 0 heterocycles. The molecule has 0 saturated heterocycles. The average Bonchev–Trinajstić information content (AvgIpc) is 2.15. The highest BCUT2D eigenvalue weighted by molar-refractivity contribution is 7.90. The number of methoxy groups -OCH3 is 1. The van der Waals surface area contributed by atoms with Gasteiger partial charge in [-0.3, -0.25) is 0 Å². The Morgan fingerprint density at radius 1 is 1.44 bits per heavy atom. The zero-order valence-corrected chi connectivity index (χ0v) is 9.24. The lowest BCUT2D eigenvalue weighted by atomic mass is 10.3. The summed E-state index contributed by atoms with van der Waals surface area (Å²) >= 11 is 0. The largest absolute Gasteiger partial charge is 0.495 e. The van der Waals surface area contributed by atoms with Crippen molar-refractivity contribution in [2.75, 3.05) is 12.8 Å². The van der Waals surface area contributed by atoms with E-state index in [-0.39, 0.29) is 10.6 Å². The predicted octanol–water partition coefficient (Wildman–Crippen LogP) is -0.366. The number of primary amides is 1. The van der Waals surface area contributed by atoms with Gasteiger partial charge in [-0.1, -0.05) is 0 Å². The van der Waals surface area contributed by atoms with E-state index in [1.165, 1.54) is 25.3 Å². The van der Waals surface area contributed by atoms with Crippen molar-refractivity contribution in [2.24, 2.45) is 5.73 Å². The second-order valence-corrected chi connectivity index (χ2v) is 4.53. The fourth-order valence-corrected chi connectivity index (χ4v) is 2.12. The maximum atomic E-state index is 11.6. The van der Waals surface area contributed by atoms with Gasteiger partial charge in [0.1, 0.15) is 10.6 Å². The summed E-state index contributed by atoms with van der Waals surface area (Å²) in [6, 6.07) is 2.76. The molecule has 16 heavy (non-hydrogen) atoms. The molecule has 1 rings (SSSR count). The number of anilines is 1. The molecule has 0 radical (unpaired) electrons. The van der Waals surface area contributed by atoms with Gasteiger partial charge < -0.3 is 16.2 Å². The zero-order valence-electron chi connectivity index (χ0n) is 8.43. The van der Waals surface area contributed by atoms with Crippen LogP contribution in [-0.4, -0.2) is 21.6 Å². The molecule has 0 saturated carbocycles. The lowest BCUT2D eigenvalue weighted by Crippen LogP contribution is -2.35. The summed E-state index contributed by atoms with van der Waals surface area (Å²) in [6.45, 7) is 0. The van der Waals surface area contributed by atoms with Crippen molar-refractivity contribution in [1.82, 2.24) is 4.72 Å². The molecule has 1 aromatic rings. The van der Waals surface area contributed by atoms with Gasteiger partial charge in [0.05, 0.1) is 7.11 Å². The third kappa shape index (κ3) is 2.54. The van der Waals surface area contributed by atoms with E-state index < -0.39 is 16.1 Å². The second-order valence-electron chi connectivity index (χ2n) is 2.88. The summed E-state index contributed by atoms with van der Waals surface area (Å²) in [5, 5.41) is 0. The normalized spacial score (nSPS) is 10.8. The highest BCUT2D eigenvalue weighted by atomic mass is 32.2. The Balaban J connectivity index is 3.27. The Morgan fingerprint density at radius 3 is 2.56 bits per heavy atom. The topological polar surface area (TPSA) is 125 Å². The molecule has 0 atom stereocenters. The van der Waals surface area contributed by atoms with Crippen LogP contribution in [0.25, 0.3) is 0 Å². The number of sulfonamides is 1. The number of hydrogen-bond acceptors (Lipinski definition) is 5. The molecule has 2 amide bonds. The van der Waals surface area contributed by atoms with Crippen molar-refractivity contribution in [3.8, 4) is 5.75 Å². The zero-order chi connectivity index (χ0) is 12.3. The minimum Gasteiger partial charge on any atom is -0.495 e. The number of nitrogen functional groups attached to an aromatic ring is 1. The van der Waals surface area contributed by atoms with Gasteiger partial charge in [0.2, 0.25) is 0 Å². The Bertz CT molecular complexity index is 512. The standard InChI is InChI=1S/C8H11N3O4S/c1-15-6-4-5(9)2-3-7(6)16(13,14)11-8(10)12/h2-4H,9H2,1H3,(H3,10,11,12). The first-order chi connectivity index (χ1) is 7.36. The molecule has 0 unspecified atom stereocenters. The van der Waals surface area contributed by atoms with Crippen molar-refractivity contribution in [3.05, 3.63) is 18.2 Å². The van der Waals surface area contributed by atoms with Crippen molar-refractivity contribution < 1.29 is 17.9 Å². The molecule has 0 aliphatic carbocycles. The van der Waals surface area contributed by atoms with Gasteiger partial charge in [-0.15, -0.1) is 0 Å². The predicted molar refractivity (Wildman–Crippen MR) is 57.3 cm³/mol. The van der Waals surface area contributed by atoms with Crippen molar-refractivity contribution in [2.45, 2.75) is 4.90 Å². The summed E-state index contributed by atoms with van der Waals surface area (Å²) in [5.74, 6) is 0.0359. The van der Waals surface area contributed by atoms with E-state index >= 15 is 0 Å². The molecule has 1 aromatic carbocycles. The highest BCUT2D eigenvalue weighted by Crippen LogP contribution is 2.25. The fraction of sp³-hybridized carbons (Fsp3) is 0.125. The first-order valence-electron chi connectivity index (χ1n) is 4.12. The summed E-state index contributed by atoms with van der Waals surface area (Å²) in [7, 11) is -2.73. The van der Waals surface area contributed by atoms with Crippen molar-refractivity contribution >= 4 is 21.7 Å². The highest BCUT2D eigenvalue weighted by Gasteiger charge is 2.20. The average molecular weight is 245 g/mol. The molecule has 0 aliphatic heterocycles. The lowest BCUT2D eigenvalue weighted by molar-refractivity contribution is 0.253. The smallest absolute Gasteiger partial charge is 0.326 e. The molecule has 5 N–H and O–H groups in total. The molecule has 0 aliphatic rings. The number of ether oxygens (including phenoxy) is 1. The number of nitrogens with one attached hydrogen (secondary N) is 1. The molecule has 0 fully saturated rings. The van der Waals surface area contributed by atoms with Crippen LogP contribution in [0.5, 0.6) is 5.75 Å². The van der Waals surface area contributed by atoms with Gasteiger partial charge in [-0.25, -0.2) is 17.9 Å². The van der Waals surface area contributed by atoms with Crippen LogP contribution in [0.1, 0.15) is 0 Å². The molecule has 0 spiro atoms. The third-order valence-electron chi connectivity index (χ3n) is 1.71. The number of urea groups is 1. The number of amides is 2. The first-order valence-corrected chi connectivity index (χ1v) is 5.61. The van der Waals surface area contributed by atoms with Gasteiger partial charge >= 0.3 is 6.03 Å².